The molecule has 4 nitrogen and oxygen atoms in total. The highest BCUT2D eigenvalue weighted by Gasteiger charge is 2.25. The van der Waals surface area contributed by atoms with E-state index in [0.717, 1.165) is 48.0 Å². The van der Waals surface area contributed by atoms with Crippen LogP contribution in [0.3, 0.4) is 0 Å². The molecular formula is C26H25N3OS. The molecule has 0 unspecified atom stereocenters. The minimum Gasteiger partial charge on any atom is -0.397 e. The molecule has 0 radical (unpaired) electrons. The standard InChI is InChI=1S/C26H25N3OS/c27-23-22-20-14-8-7-13-19(20)21(16-15-17-9-3-1-4-10-17)29-26(22)31-24(23)25(30)28-18-11-5-2-6-12-18/h1-6,9-12H,7-8,13-16,27H2,(H,28,30). The Balaban J connectivity index is 1.52. The van der Waals surface area contributed by atoms with E-state index in [1.807, 2.05) is 36.4 Å². The molecule has 1 aliphatic rings. The largest absolute Gasteiger partial charge is 0.397 e. The van der Waals surface area contributed by atoms with Gasteiger partial charge < -0.3 is 11.1 Å². The first kappa shape index (κ1) is 19.8. The summed E-state index contributed by atoms with van der Waals surface area (Å²) in [5.74, 6) is -0.165. The van der Waals surface area contributed by atoms with Crippen LogP contribution in [0.5, 0.6) is 0 Å². The van der Waals surface area contributed by atoms with Crippen molar-refractivity contribution < 1.29 is 4.79 Å². The molecule has 2 aromatic heterocycles. The third-order valence-electron chi connectivity index (χ3n) is 6.01. The number of benzene rings is 2. The van der Waals surface area contributed by atoms with E-state index in [2.05, 4.69) is 29.6 Å². The Morgan fingerprint density at radius 2 is 1.61 bits per heavy atom. The van der Waals surface area contributed by atoms with Crippen LogP contribution in [-0.2, 0) is 25.7 Å². The smallest absolute Gasteiger partial charge is 0.267 e. The predicted molar refractivity (Wildman–Crippen MR) is 129 cm³/mol. The summed E-state index contributed by atoms with van der Waals surface area (Å²) in [6.45, 7) is 0. The fourth-order valence-electron chi connectivity index (χ4n) is 4.48. The van der Waals surface area contributed by atoms with Gasteiger partial charge in [0, 0.05) is 16.8 Å². The van der Waals surface area contributed by atoms with Crippen molar-refractivity contribution >= 4 is 38.8 Å². The average Bonchev–Trinajstić information content (AvgIpc) is 3.15. The van der Waals surface area contributed by atoms with E-state index in [4.69, 9.17) is 10.7 Å². The number of thiophene rings is 1. The molecule has 31 heavy (non-hydrogen) atoms. The Hall–Kier alpha value is -3.18. The maximum Gasteiger partial charge on any atom is 0.267 e. The molecule has 0 atom stereocenters. The fourth-order valence-corrected chi connectivity index (χ4v) is 5.52. The highest BCUT2D eigenvalue weighted by Crippen LogP contribution is 2.40. The second-order valence-electron chi connectivity index (χ2n) is 8.05. The Bertz CT molecular complexity index is 1230. The van der Waals surface area contributed by atoms with Crippen molar-refractivity contribution in [3.63, 3.8) is 0 Å². The lowest BCUT2D eigenvalue weighted by Crippen LogP contribution is -2.12. The van der Waals surface area contributed by atoms with Gasteiger partial charge in [0.25, 0.3) is 5.91 Å². The number of pyridine rings is 1. The quantitative estimate of drug-likeness (QED) is 0.423. The Labute approximate surface area is 186 Å². The third-order valence-corrected chi connectivity index (χ3v) is 7.11. The zero-order valence-electron chi connectivity index (χ0n) is 17.4. The van der Waals surface area contributed by atoms with E-state index in [1.54, 1.807) is 0 Å². The van der Waals surface area contributed by atoms with Crippen LogP contribution in [0.2, 0.25) is 0 Å². The van der Waals surface area contributed by atoms with Gasteiger partial charge in [0.1, 0.15) is 9.71 Å². The van der Waals surface area contributed by atoms with Crippen molar-refractivity contribution in [2.45, 2.75) is 38.5 Å². The zero-order chi connectivity index (χ0) is 21.2. The fraction of sp³-hybridized carbons (Fsp3) is 0.231. The van der Waals surface area contributed by atoms with Crippen LogP contribution >= 0.6 is 11.3 Å². The number of nitrogens with two attached hydrogens (primary N) is 1. The molecule has 5 rings (SSSR count). The molecule has 0 aliphatic heterocycles. The Kier molecular flexibility index (Phi) is 5.43. The maximum absolute atomic E-state index is 13.0. The number of anilines is 2. The minimum atomic E-state index is -0.165. The molecule has 156 valence electrons. The second kappa shape index (κ2) is 8.52. The number of para-hydroxylation sites is 1. The van der Waals surface area contributed by atoms with Gasteiger partial charge in [0.15, 0.2) is 0 Å². The Morgan fingerprint density at radius 3 is 2.35 bits per heavy atom. The maximum atomic E-state index is 13.0. The molecule has 2 aromatic carbocycles. The van der Waals surface area contributed by atoms with Gasteiger partial charge in [0.05, 0.1) is 5.69 Å². The van der Waals surface area contributed by atoms with Crippen LogP contribution in [0.15, 0.2) is 60.7 Å². The SMILES string of the molecule is Nc1c(C(=O)Nc2ccccc2)sc2nc(CCc3ccccc3)c3c(c12)CCCC3. The number of amides is 1. The van der Waals surface area contributed by atoms with E-state index in [9.17, 15) is 4.79 Å². The van der Waals surface area contributed by atoms with Crippen LogP contribution in [0, 0.1) is 0 Å². The second-order valence-corrected chi connectivity index (χ2v) is 9.05. The number of aryl methyl sites for hydroxylation is 3. The lowest BCUT2D eigenvalue weighted by molar-refractivity contribution is 0.103. The van der Waals surface area contributed by atoms with Gasteiger partial charge in [-0.3, -0.25) is 4.79 Å². The van der Waals surface area contributed by atoms with Gasteiger partial charge in [0.2, 0.25) is 0 Å². The highest BCUT2D eigenvalue weighted by molar-refractivity contribution is 7.21. The van der Waals surface area contributed by atoms with Crippen molar-refractivity contribution in [1.82, 2.24) is 4.98 Å². The summed E-state index contributed by atoms with van der Waals surface area (Å²) in [5, 5.41) is 3.97. The summed E-state index contributed by atoms with van der Waals surface area (Å²) in [6, 6.07) is 20.0. The highest BCUT2D eigenvalue weighted by atomic mass is 32.1. The van der Waals surface area contributed by atoms with Gasteiger partial charge >= 0.3 is 0 Å². The molecule has 0 saturated carbocycles. The van der Waals surface area contributed by atoms with Crippen molar-refractivity contribution in [3.05, 3.63) is 87.9 Å². The number of rotatable bonds is 5. The van der Waals surface area contributed by atoms with Crippen molar-refractivity contribution in [2.75, 3.05) is 11.1 Å². The van der Waals surface area contributed by atoms with Gasteiger partial charge in [-0.25, -0.2) is 4.98 Å². The molecule has 4 aromatic rings. The van der Waals surface area contributed by atoms with E-state index < -0.39 is 0 Å². The molecule has 3 N–H and O–H groups in total. The van der Waals surface area contributed by atoms with Gasteiger partial charge in [-0.05, 0) is 67.3 Å². The summed E-state index contributed by atoms with van der Waals surface area (Å²) >= 11 is 1.41. The normalized spacial score (nSPS) is 13.2. The van der Waals surface area contributed by atoms with Crippen LogP contribution in [0.1, 0.15) is 44.9 Å². The predicted octanol–water partition coefficient (Wildman–Crippen LogP) is 5.79. The monoisotopic (exact) mass is 427 g/mol. The van der Waals surface area contributed by atoms with Gasteiger partial charge in [-0.1, -0.05) is 48.5 Å². The molecule has 1 amide bonds. The summed E-state index contributed by atoms with van der Waals surface area (Å²) in [7, 11) is 0. The summed E-state index contributed by atoms with van der Waals surface area (Å²) in [5.41, 5.74) is 13.0. The number of carbonyl (C=O) groups is 1. The first-order valence-corrected chi connectivity index (χ1v) is 11.7. The molecule has 0 fully saturated rings. The summed E-state index contributed by atoms with van der Waals surface area (Å²) in [6.07, 6.45) is 6.27. The van der Waals surface area contributed by atoms with E-state index in [-0.39, 0.29) is 5.91 Å². The number of hydrogen-bond acceptors (Lipinski definition) is 4. The van der Waals surface area contributed by atoms with Crippen molar-refractivity contribution in [2.24, 2.45) is 0 Å². The Morgan fingerprint density at radius 1 is 0.935 bits per heavy atom. The van der Waals surface area contributed by atoms with Gasteiger partial charge in [-0.15, -0.1) is 11.3 Å². The van der Waals surface area contributed by atoms with Crippen LogP contribution in [-0.4, -0.2) is 10.9 Å². The number of carbonyl (C=O) groups excluding carboxylic acids is 1. The molecule has 0 spiro atoms. The minimum absolute atomic E-state index is 0.165. The lowest BCUT2D eigenvalue weighted by atomic mass is 9.87. The number of nitrogen functional groups attached to an aromatic ring is 1. The van der Waals surface area contributed by atoms with Crippen molar-refractivity contribution in [1.29, 1.82) is 0 Å². The van der Waals surface area contributed by atoms with E-state index >= 15 is 0 Å². The topological polar surface area (TPSA) is 68.0 Å². The molecule has 1 aliphatic carbocycles. The molecule has 0 bridgehead atoms. The van der Waals surface area contributed by atoms with Crippen molar-refractivity contribution in [3.8, 4) is 0 Å². The average molecular weight is 428 g/mol. The molecule has 0 saturated heterocycles. The van der Waals surface area contributed by atoms with E-state index in [0.29, 0.717) is 10.6 Å². The molecule has 5 heteroatoms. The number of hydrogen-bond donors (Lipinski definition) is 2. The van der Waals surface area contributed by atoms with Crippen LogP contribution in [0.4, 0.5) is 11.4 Å². The molecular weight excluding hydrogens is 402 g/mol. The molecule has 2 heterocycles. The number of aromatic nitrogens is 1. The zero-order valence-corrected chi connectivity index (χ0v) is 18.2. The van der Waals surface area contributed by atoms with Crippen LogP contribution < -0.4 is 11.1 Å². The first-order chi connectivity index (χ1) is 15.2. The number of fused-ring (bicyclic) bond motifs is 3. The third kappa shape index (κ3) is 3.93. The van der Waals surface area contributed by atoms with E-state index in [1.165, 1.54) is 40.1 Å². The summed E-state index contributed by atoms with van der Waals surface area (Å²) < 4.78 is 0. The number of nitrogens with one attached hydrogen (secondary N) is 1. The first-order valence-electron chi connectivity index (χ1n) is 10.8. The lowest BCUT2D eigenvalue weighted by Gasteiger charge is -2.20. The van der Waals surface area contributed by atoms with Crippen LogP contribution in [0.25, 0.3) is 10.2 Å². The van der Waals surface area contributed by atoms with Gasteiger partial charge in [-0.2, -0.15) is 0 Å². The summed E-state index contributed by atoms with van der Waals surface area (Å²) in [4.78, 5) is 19.4. The number of nitrogens with zero attached hydrogens (tertiary/aromatic N) is 1.